The molecule has 0 saturated carbocycles. The van der Waals surface area contributed by atoms with Crippen LogP contribution in [0.2, 0.25) is 0 Å². The van der Waals surface area contributed by atoms with Crippen LogP contribution in [0.15, 0.2) is 12.7 Å². The van der Waals surface area contributed by atoms with Gasteiger partial charge in [-0.25, -0.2) is 19.5 Å². The Morgan fingerprint density at radius 2 is 1.86 bits per heavy atom. The number of hydrogen-bond acceptors (Lipinski definition) is 13. The van der Waals surface area contributed by atoms with Crippen LogP contribution in [0.3, 0.4) is 0 Å². The summed E-state index contributed by atoms with van der Waals surface area (Å²) < 4.78 is 36.2. The van der Waals surface area contributed by atoms with Gasteiger partial charge in [-0.15, -0.1) is 0 Å². The first kappa shape index (κ1) is 28.8. The maximum atomic E-state index is 11.4. The van der Waals surface area contributed by atoms with E-state index in [0.29, 0.717) is 0 Å². The molecule has 1 saturated heterocycles. The first-order valence-electron chi connectivity index (χ1n) is 7.14. The molecule has 2 aromatic heterocycles. The van der Waals surface area contributed by atoms with Crippen molar-refractivity contribution in [1.29, 1.82) is 0 Å². The number of fused-ring (bicyclic) bond motifs is 1. The van der Waals surface area contributed by atoms with Gasteiger partial charge in [0.1, 0.15) is 30.2 Å². The van der Waals surface area contributed by atoms with Gasteiger partial charge in [0, 0.05) is 0 Å². The zero-order valence-corrected chi connectivity index (χ0v) is 23.2. The summed E-state index contributed by atoms with van der Waals surface area (Å²) in [5, 5.41) is 20.2. The molecule has 15 nitrogen and oxygen atoms in total. The molecule has 0 spiro atoms. The zero-order valence-electron chi connectivity index (χ0n) is 15.1. The standard InChI is InChI=1S/C10H15N5O10P2.2K/c11-8-5-9(13-2-12-8)15(3-14-5)10-7(17)6(16)4(24-10)1-23-27(21,22)25-26(18,19)20;;/h2-4,6-7,10,16-17H,1H2,(H,21,22)(H2,11,12,13)(H2,18,19,20);;/q;2*+1/p-2. The number of nitrogen functional groups attached to an aromatic ring is 1. The molecule has 19 heteroatoms. The van der Waals surface area contributed by atoms with Gasteiger partial charge < -0.3 is 39.9 Å². The number of aliphatic hydroxyl groups excluding tert-OH is 2. The predicted molar refractivity (Wildman–Crippen MR) is 80.1 cm³/mol. The maximum Gasteiger partial charge on any atom is 1.00 e. The number of ether oxygens (including phenoxy) is 1. The summed E-state index contributed by atoms with van der Waals surface area (Å²) in [6.45, 7) is -0.869. The average Bonchev–Trinajstić information content (AvgIpc) is 3.07. The summed E-state index contributed by atoms with van der Waals surface area (Å²) in [4.78, 5) is 41.7. The Hall–Kier alpha value is 1.76. The van der Waals surface area contributed by atoms with E-state index in [1.807, 2.05) is 0 Å². The van der Waals surface area contributed by atoms with E-state index in [1.165, 1.54) is 10.9 Å². The van der Waals surface area contributed by atoms with E-state index in [4.69, 9.17) is 10.5 Å². The molecular weight excluding hydrogens is 490 g/mol. The van der Waals surface area contributed by atoms with Crippen molar-refractivity contribution in [1.82, 2.24) is 19.5 Å². The van der Waals surface area contributed by atoms with Gasteiger partial charge in [0.2, 0.25) is 0 Å². The normalized spacial score (nSPS) is 26.5. The molecule has 29 heavy (non-hydrogen) atoms. The van der Waals surface area contributed by atoms with Gasteiger partial charge in [-0.2, -0.15) is 0 Å². The first-order valence-corrected chi connectivity index (χ1v) is 10.1. The fourth-order valence-electron chi connectivity index (χ4n) is 2.47. The summed E-state index contributed by atoms with van der Waals surface area (Å²) >= 11 is 0. The van der Waals surface area contributed by atoms with Crippen LogP contribution >= 0.6 is 15.6 Å². The van der Waals surface area contributed by atoms with Crippen molar-refractivity contribution in [2.75, 3.05) is 12.3 Å². The summed E-state index contributed by atoms with van der Waals surface area (Å²) in [6, 6.07) is 0. The Bertz CT molecular complexity index is 943. The van der Waals surface area contributed by atoms with Crippen LogP contribution in [0.25, 0.3) is 11.2 Å². The van der Waals surface area contributed by atoms with E-state index >= 15 is 0 Å². The van der Waals surface area contributed by atoms with E-state index in [1.54, 1.807) is 0 Å². The van der Waals surface area contributed by atoms with Gasteiger partial charge in [-0.3, -0.25) is 13.4 Å². The molecule has 2 aromatic rings. The molecule has 5 unspecified atom stereocenters. The minimum Gasteiger partial charge on any atom is -0.789 e. The molecule has 1 fully saturated rings. The van der Waals surface area contributed by atoms with Crippen LogP contribution in [-0.2, 0) is 22.7 Å². The smallest absolute Gasteiger partial charge is 0.789 e. The fraction of sp³-hybridized carbons (Fsp3) is 0.500. The van der Waals surface area contributed by atoms with Gasteiger partial charge in [0.05, 0.1) is 20.8 Å². The number of phosphoric ester groups is 1. The van der Waals surface area contributed by atoms with Crippen molar-refractivity contribution < 1.29 is 150 Å². The van der Waals surface area contributed by atoms with Crippen LogP contribution in [0.1, 0.15) is 6.23 Å². The van der Waals surface area contributed by atoms with E-state index in [9.17, 15) is 34.0 Å². The number of hydrogen-bond donors (Lipinski definition) is 4. The van der Waals surface area contributed by atoms with E-state index in [-0.39, 0.29) is 120 Å². The molecule has 0 radical (unpaired) electrons. The summed E-state index contributed by atoms with van der Waals surface area (Å²) in [5.74, 6) is 0.0738. The van der Waals surface area contributed by atoms with Crippen molar-refractivity contribution >= 4 is 32.6 Å². The number of phosphoric acid groups is 2. The number of imidazole rings is 1. The molecule has 5 atom stereocenters. The van der Waals surface area contributed by atoms with Crippen molar-refractivity contribution in [2.45, 2.75) is 24.5 Å². The first-order chi connectivity index (χ1) is 12.5. The summed E-state index contributed by atoms with van der Waals surface area (Å²) in [6.07, 6.45) is -3.35. The Kier molecular flexibility index (Phi) is 11.2. The third kappa shape index (κ3) is 7.12. The predicted octanol–water partition coefficient (Wildman–Crippen LogP) is -9.00. The molecule has 0 amide bonds. The minimum absolute atomic E-state index is 0. The van der Waals surface area contributed by atoms with Crippen LogP contribution in [0, 0.1) is 0 Å². The number of nitrogens with zero attached hydrogens (tertiary/aromatic N) is 4. The van der Waals surface area contributed by atoms with E-state index in [2.05, 4.69) is 23.8 Å². The monoisotopic (exact) mass is 503 g/mol. The van der Waals surface area contributed by atoms with Gasteiger partial charge in [0.15, 0.2) is 17.7 Å². The third-order valence-electron chi connectivity index (χ3n) is 3.60. The summed E-state index contributed by atoms with van der Waals surface area (Å²) in [7, 11) is -11.0. The van der Waals surface area contributed by atoms with E-state index in [0.717, 1.165) is 6.33 Å². The van der Waals surface area contributed by atoms with Gasteiger partial charge in [0.25, 0.3) is 0 Å². The Morgan fingerprint density at radius 3 is 2.48 bits per heavy atom. The fourth-order valence-corrected chi connectivity index (χ4v) is 4.01. The molecule has 0 bridgehead atoms. The van der Waals surface area contributed by atoms with E-state index < -0.39 is 46.8 Å². The Morgan fingerprint density at radius 1 is 1.21 bits per heavy atom. The van der Waals surface area contributed by atoms with Crippen molar-refractivity contribution in [3.8, 4) is 0 Å². The van der Waals surface area contributed by atoms with Crippen LogP contribution in [0.4, 0.5) is 5.82 Å². The largest absolute Gasteiger partial charge is 1.00 e. The molecule has 3 rings (SSSR count). The molecule has 0 aliphatic carbocycles. The zero-order chi connectivity index (χ0) is 20.0. The molecule has 3 heterocycles. The Balaban J connectivity index is 0.00000210. The molecule has 1 aliphatic heterocycles. The molecule has 0 aromatic carbocycles. The minimum atomic E-state index is -5.79. The molecular formula is C10H13K2N5O10P2. The number of nitrogens with two attached hydrogens (primary N) is 1. The van der Waals surface area contributed by atoms with Gasteiger partial charge >= 0.3 is 111 Å². The topological polar surface area (TPSA) is 238 Å². The van der Waals surface area contributed by atoms with Crippen molar-refractivity contribution in [3.63, 3.8) is 0 Å². The number of aromatic nitrogens is 4. The molecule has 5 N–H and O–H groups in total. The average molecular weight is 503 g/mol. The SMILES string of the molecule is Nc1ncnc2c1ncn2C1OC(COP(=O)(O)OP(=O)([O-])[O-])C(O)C1O.[K+].[K+]. The quantitative estimate of drug-likeness (QED) is 0.211. The number of anilines is 1. The molecule has 1 aliphatic rings. The third-order valence-corrected chi connectivity index (χ3v) is 5.70. The number of rotatable bonds is 6. The van der Waals surface area contributed by atoms with Gasteiger partial charge in [-0.05, 0) is 0 Å². The second kappa shape index (κ2) is 11.3. The second-order valence-corrected chi connectivity index (χ2v) is 8.17. The Labute approximate surface area is 248 Å². The van der Waals surface area contributed by atoms with Crippen LogP contribution in [-0.4, -0.2) is 59.5 Å². The summed E-state index contributed by atoms with van der Waals surface area (Å²) in [5.41, 5.74) is 6.07. The molecule has 150 valence electrons. The maximum absolute atomic E-state index is 11.4. The van der Waals surface area contributed by atoms with Crippen molar-refractivity contribution in [3.05, 3.63) is 12.7 Å². The van der Waals surface area contributed by atoms with Crippen LogP contribution in [0.5, 0.6) is 0 Å². The van der Waals surface area contributed by atoms with Crippen LogP contribution < -0.4 is 118 Å². The second-order valence-electron chi connectivity index (χ2n) is 5.42. The van der Waals surface area contributed by atoms with Gasteiger partial charge in [-0.1, -0.05) is 0 Å². The van der Waals surface area contributed by atoms with Crippen molar-refractivity contribution in [2.24, 2.45) is 0 Å². The number of aliphatic hydroxyl groups is 2.